The van der Waals surface area contributed by atoms with Crippen LogP contribution in [0.4, 0.5) is 4.79 Å². The van der Waals surface area contributed by atoms with Gasteiger partial charge in [0.1, 0.15) is 0 Å². The van der Waals surface area contributed by atoms with Crippen LogP contribution in [-0.4, -0.2) is 56.5 Å². The van der Waals surface area contributed by atoms with Gasteiger partial charge in [0.05, 0.1) is 0 Å². The summed E-state index contributed by atoms with van der Waals surface area (Å²) in [4.78, 5) is 14.4. The summed E-state index contributed by atoms with van der Waals surface area (Å²) in [5, 5.41) is 2.02. The molecular formula is C14H29N3O2Si. The van der Waals surface area contributed by atoms with Crippen LogP contribution in [0.15, 0.2) is 0 Å². The third-order valence-electron chi connectivity index (χ3n) is 4.02. The minimum absolute atomic E-state index is 0.277. The number of likely N-dealkylation sites (tertiary alicyclic amines) is 1. The SMILES string of the molecule is C[Si](C)(C)OC(=O)NN1CCC(N2CCCCC2)CC1. The summed E-state index contributed by atoms with van der Waals surface area (Å²) in [7, 11) is -1.79. The van der Waals surface area contributed by atoms with Crippen molar-refractivity contribution in [3.05, 3.63) is 0 Å². The first-order valence-electron chi connectivity index (χ1n) is 7.93. The van der Waals surface area contributed by atoms with Crippen molar-refractivity contribution >= 4 is 14.4 Å². The lowest BCUT2D eigenvalue weighted by Crippen LogP contribution is -2.53. The Morgan fingerprint density at radius 3 is 2.20 bits per heavy atom. The monoisotopic (exact) mass is 299 g/mol. The van der Waals surface area contributed by atoms with E-state index in [2.05, 4.69) is 10.3 Å². The second kappa shape index (κ2) is 6.91. The summed E-state index contributed by atoms with van der Waals surface area (Å²) >= 11 is 0. The molecule has 2 aliphatic heterocycles. The third kappa shape index (κ3) is 5.07. The Hall–Kier alpha value is -0.593. The molecule has 2 aliphatic rings. The van der Waals surface area contributed by atoms with Gasteiger partial charge in [-0.25, -0.2) is 9.80 Å². The zero-order chi connectivity index (χ0) is 14.6. The highest BCUT2D eigenvalue weighted by molar-refractivity contribution is 6.71. The molecule has 2 saturated heterocycles. The topological polar surface area (TPSA) is 44.8 Å². The lowest BCUT2D eigenvalue weighted by molar-refractivity contribution is 0.0672. The van der Waals surface area contributed by atoms with Gasteiger partial charge >= 0.3 is 6.09 Å². The number of amides is 1. The van der Waals surface area contributed by atoms with Crippen molar-refractivity contribution in [3.63, 3.8) is 0 Å². The van der Waals surface area contributed by atoms with E-state index in [1.807, 2.05) is 24.6 Å². The molecule has 0 saturated carbocycles. The molecule has 6 heteroatoms. The number of nitrogens with zero attached hydrogens (tertiary/aromatic N) is 2. The Bertz CT molecular complexity index is 319. The van der Waals surface area contributed by atoms with Crippen molar-refractivity contribution in [2.75, 3.05) is 26.2 Å². The van der Waals surface area contributed by atoms with E-state index in [1.165, 1.54) is 32.4 Å². The van der Waals surface area contributed by atoms with Crippen molar-refractivity contribution in [2.45, 2.75) is 57.8 Å². The summed E-state index contributed by atoms with van der Waals surface area (Å²) in [6.07, 6.45) is 6.10. The standard InChI is InChI=1S/C14H29N3O2Si/c1-20(2,3)19-14(18)15-17-11-7-13(8-12-17)16-9-5-4-6-10-16/h13H,4-12H2,1-3H3,(H,15,18). The van der Waals surface area contributed by atoms with Gasteiger partial charge in [0, 0.05) is 19.1 Å². The van der Waals surface area contributed by atoms with E-state index >= 15 is 0 Å². The molecule has 0 spiro atoms. The van der Waals surface area contributed by atoms with Gasteiger partial charge in [-0.05, 0) is 58.4 Å². The number of nitrogens with one attached hydrogen (secondary N) is 1. The molecule has 2 rings (SSSR count). The molecule has 0 aliphatic carbocycles. The highest BCUT2D eigenvalue weighted by Gasteiger charge is 2.27. The number of carbonyl (C=O) groups excluding carboxylic acids is 1. The molecule has 5 nitrogen and oxygen atoms in total. The smallest absolute Gasteiger partial charge is 0.408 e. The largest absolute Gasteiger partial charge is 0.503 e. The molecule has 1 N–H and O–H groups in total. The molecule has 2 heterocycles. The zero-order valence-corrected chi connectivity index (χ0v) is 14.2. The highest BCUT2D eigenvalue weighted by Crippen LogP contribution is 2.20. The van der Waals surface area contributed by atoms with Crippen LogP contribution in [-0.2, 0) is 4.43 Å². The number of hydrogen-bond acceptors (Lipinski definition) is 4. The maximum Gasteiger partial charge on any atom is 0.408 e. The lowest BCUT2D eigenvalue weighted by Gasteiger charge is -2.40. The lowest BCUT2D eigenvalue weighted by atomic mass is 10.0. The minimum Gasteiger partial charge on any atom is -0.503 e. The van der Waals surface area contributed by atoms with E-state index in [0.29, 0.717) is 6.04 Å². The molecule has 0 aromatic heterocycles. The Labute approximate surface area is 123 Å². The number of hydrazine groups is 1. The number of piperidine rings is 2. The predicted molar refractivity (Wildman–Crippen MR) is 83.0 cm³/mol. The second-order valence-electron chi connectivity index (χ2n) is 6.93. The third-order valence-corrected chi connectivity index (χ3v) is 4.82. The first-order chi connectivity index (χ1) is 9.44. The molecule has 0 aromatic rings. The van der Waals surface area contributed by atoms with Crippen molar-refractivity contribution in [1.29, 1.82) is 0 Å². The summed E-state index contributed by atoms with van der Waals surface area (Å²) in [5.74, 6) is 0. The van der Waals surface area contributed by atoms with Gasteiger partial charge < -0.3 is 9.33 Å². The van der Waals surface area contributed by atoms with Gasteiger partial charge in [-0.2, -0.15) is 0 Å². The maximum atomic E-state index is 11.8. The number of hydrogen-bond donors (Lipinski definition) is 1. The van der Waals surface area contributed by atoms with Crippen LogP contribution in [0.1, 0.15) is 32.1 Å². The van der Waals surface area contributed by atoms with Gasteiger partial charge in [0.25, 0.3) is 0 Å². The van der Waals surface area contributed by atoms with Gasteiger partial charge in [-0.15, -0.1) is 0 Å². The molecular weight excluding hydrogens is 270 g/mol. The molecule has 0 aromatic carbocycles. The summed E-state index contributed by atoms with van der Waals surface area (Å²) < 4.78 is 5.42. The van der Waals surface area contributed by atoms with E-state index in [-0.39, 0.29) is 6.09 Å². The number of carbonyl (C=O) groups is 1. The van der Waals surface area contributed by atoms with E-state index in [0.717, 1.165) is 25.9 Å². The second-order valence-corrected chi connectivity index (χ2v) is 11.4. The predicted octanol–water partition coefficient (Wildman–Crippen LogP) is 2.41. The van der Waals surface area contributed by atoms with Crippen LogP contribution in [0.5, 0.6) is 0 Å². The maximum absolute atomic E-state index is 11.8. The molecule has 1 amide bonds. The van der Waals surface area contributed by atoms with E-state index < -0.39 is 8.32 Å². The fourth-order valence-electron chi connectivity index (χ4n) is 3.06. The first kappa shape index (κ1) is 15.8. The Balaban J connectivity index is 1.70. The number of rotatable bonds is 3. The van der Waals surface area contributed by atoms with E-state index in [4.69, 9.17) is 4.43 Å². The van der Waals surface area contributed by atoms with Crippen molar-refractivity contribution in [3.8, 4) is 0 Å². The fraction of sp³-hybridized carbons (Fsp3) is 0.929. The van der Waals surface area contributed by atoms with Crippen LogP contribution >= 0.6 is 0 Å². The average Bonchev–Trinajstić information content (AvgIpc) is 2.38. The van der Waals surface area contributed by atoms with Crippen molar-refractivity contribution in [1.82, 2.24) is 15.3 Å². The molecule has 116 valence electrons. The summed E-state index contributed by atoms with van der Waals surface area (Å²) in [6, 6.07) is 0.710. The molecule has 0 bridgehead atoms. The summed E-state index contributed by atoms with van der Waals surface area (Å²) in [5.41, 5.74) is 2.89. The Kier molecular flexibility index (Phi) is 5.46. The normalized spacial score (nSPS) is 23.6. The van der Waals surface area contributed by atoms with Crippen LogP contribution in [0, 0.1) is 0 Å². The van der Waals surface area contributed by atoms with Crippen LogP contribution in [0.25, 0.3) is 0 Å². The Morgan fingerprint density at radius 2 is 1.65 bits per heavy atom. The first-order valence-corrected chi connectivity index (χ1v) is 11.3. The van der Waals surface area contributed by atoms with Gasteiger partial charge in [-0.3, -0.25) is 5.43 Å². The van der Waals surface area contributed by atoms with Crippen molar-refractivity contribution < 1.29 is 9.22 Å². The average molecular weight is 299 g/mol. The van der Waals surface area contributed by atoms with Crippen LogP contribution in [0.2, 0.25) is 19.6 Å². The fourth-order valence-corrected chi connectivity index (χ4v) is 3.66. The van der Waals surface area contributed by atoms with Crippen LogP contribution < -0.4 is 5.43 Å². The van der Waals surface area contributed by atoms with Gasteiger partial charge in [0.15, 0.2) is 0 Å². The quantitative estimate of drug-likeness (QED) is 0.813. The molecule has 0 atom stereocenters. The summed E-state index contributed by atoms with van der Waals surface area (Å²) in [6.45, 7) is 10.5. The molecule has 0 unspecified atom stereocenters. The van der Waals surface area contributed by atoms with E-state index in [1.54, 1.807) is 0 Å². The highest BCUT2D eigenvalue weighted by atomic mass is 28.4. The Morgan fingerprint density at radius 1 is 1.05 bits per heavy atom. The zero-order valence-electron chi connectivity index (χ0n) is 13.2. The molecule has 2 fully saturated rings. The minimum atomic E-state index is -1.79. The van der Waals surface area contributed by atoms with Gasteiger partial charge in [-0.1, -0.05) is 6.42 Å². The molecule has 20 heavy (non-hydrogen) atoms. The van der Waals surface area contributed by atoms with Crippen LogP contribution in [0.3, 0.4) is 0 Å². The van der Waals surface area contributed by atoms with Gasteiger partial charge in [0.2, 0.25) is 8.32 Å². The van der Waals surface area contributed by atoms with Crippen molar-refractivity contribution in [2.24, 2.45) is 0 Å². The van der Waals surface area contributed by atoms with E-state index in [9.17, 15) is 4.79 Å². The molecule has 0 radical (unpaired) electrons.